The lowest BCUT2D eigenvalue weighted by atomic mass is 9.86. The molecule has 1 aromatic heterocycles. The molecule has 0 unspecified atom stereocenters. The van der Waals surface area contributed by atoms with Gasteiger partial charge in [0, 0.05) is 11.1 Å². The molecule has 3 aromatic rings. The van der Waals surface area contributed by atoms with Crippen LogP contribution in [0, 0.1) is 0 Å². The van der Waals surface area contributed by atoms with Crippen LogP contribution >= 0.6 is 23.6 Å². The number of aromatic carboxylic acids is 1. The van der Waals surface area contributed by atoms with Crippen molar-refractivity contribution in [3.8, 4) is 16.2 Å². The number of hydrogen-bond donors (Lipinski definition) is 4. The van der Waals surface area contributed by atoms with Crippen LogP contribution in [0.1, 0.15) is 49.2 Å². The zero-order chi connectivity index (χ0) is 23.5. The van der Waals surface area contributed by atoms with Crippen molar-refractivity contribution in [1.82, 2.24) is 5.43 Å². The molecule has 6 nitrogen and oxygen atoms in total. The predicted molar refractivity (Wildman–Crippen MR) is 135 cm³/mol. The molecule has 0 aliphatic carbocycles. The van der Waals surface area contributed by atoms with Gasteiger partial charge in [0.2, 0.25) is 0 Å². The van der Waals surface area contributed by atoms with E-state index in [4.69, 9.17) is 17.3 Å². The number of thiophene rings is 1. The lowest BCUT2D eigenvalue weighted by Gasteiger charge is -2.19. The maximum Gasteiger partial charge on any atom is 0.335 e. The van der Waals surface area contributed by atoms with Gasteiger partial charge in [0.15, 0.2) is 5.11 Å². The van der Waals surface area contributed by atoms with Gasteiger partial charge in [-0.25, -0.2) is 4.79 Å². The van der Waals surface area contributed by atoms with E-state index in [1.165, 1.54) is 29.0 Å². The van der Waals surface area contributed by atoms with Gasteiger partial charge in [-0.15, -0.1) is 11.3 Å². The number of hydrazone groups is 1. The molecule has 0 saturated heterocycles. The highest BCUT2D eigenvalue weighted by Crippen LogP contribution is 2.39. The number of nitrogens with one attached hydrogen (secondary N) is 2. The van der Waals surface area contributed by atoms with Gasteiger partial charge in [-0.1, -0.05) is 51.1 Å². The number of benzene rings is 2. The third-order valence-corrected chi connectivity index (χ3v) is 6.07. The minimum atomic E-state index is -1.02. The lowest BCUT2D eigenvalue weighted by molar-refractivity contribution is 0.0697. The maximum atomic E-state index is 11.1. The standard InChI is InChI=1S/C24H25N3O3S2/c1-14(26-27-23(31)25-18-7-5-6-16(12-18)22(29)30)19-13-32-21(20(19)28)15-8-10-17(11-9-15)24(2,3)4/h5-13,28H,1-4H3,(H,29,30)(H2,25,27,31)/b26-14-. The van der Waals surface area contributed by atoms with Gasteiger partial charge in [0.25, 0.3) is 0 Å². The fourth-order valence-electron chi connectivity index (χ4n) is 3.02. The van der Waals surface area contributed by atoms with Crippen LogP contribution in [0.15, 0.2) is 59.0 Å². The fraction of sp³-hybridized carbons (Fsp3) is 0.208. The average molecular weight is 468 g/mol. The minimum absolute atomic E-state index is 0.0670. The quantitative estimate of drug-likeness (QED) is 0.214. The first-order valence-electron chi connectivity index (χ1n) is 9.92. The van der Waals surface area contributed by atoms with Crippen molar-refractivity contribution in [3.63, 3.8) is 0 Å². The second-order valence-electron chi connectivity index (χ2n) is 8.30. The van der Waals surface area contributed by atoms with E-state index in [0.717, 1.165) is 10.4 Å². The van der Waals surface area contributed by atoms with Crippen molar-refractivity contribution in [2.45, 2.75) is 33.1 Å². The van der Waals surface area contributed by atoms with Crippen LogP contribution in [0.2, 0.25) is 0 Å². The number of carboxylic acids is 1. The first-order chi connectivity index (χ1) is 15.1. The molecule has 1 heterocycles. The van der Waals surface area contributed by atoms with E-state index in [-0.39, 0.29) is 21.8 Å². The molecular formula is C24H25N3O3S2. The topological polar surface area (TPSA) is 94.0 Å². The number of carboxylic acid groups (broad SMARTS) is 1. The summed E-state index contributed by atoms with van der Waals surface area (Å²) < 4.78 is 0. The Bertz CT molecular complexity index is 1180. The summed E-state index contributed by atoms with van der Waals surface area (Å²) in [6.45, 7) is 8.27. The number of aromatic hydroxyl groups is 1. The molecule has 0 aliphatic rings. The third kappa shape index (κ3) is 5.52. The van der Waals surface area contributed by atoms with E-state index in [0.29, 0.717) is 17.0 Å². The smallest absolute Gasteiger partial charge is 0.335 e. The van der Waals surface area contributed by atoms with Crippen molar-refractivity contribution in [2.75, 3.05) is 5.32 Å². The lowest BCUT2D eigenvalue weighted by Crippen LogP contribution is -2.25. The Hall–Kier alpha value is -3.23. The highest BCUT2D eigenvalue weighted by molar-refractivity contribution is 7.80. The Morgan fingerprint density at radius 2 is 1.81 bits per heavy atom. The largest absolute Gasteiger partial charge is 0.506 e. The Morgan fingerprint density at radius 3 is 2.44 bits per heavy atom. The Kier molecular flexibility index (Phi) is 6.96. The zero-order valence-corrected chi connectivity index (χ0v) is 19.9. The van der Waals surface area contributed by atoms with Gasteiger partial charge in [0.05, 0.1) is 21.7 Å². The summed E-state index contributed by atoms with van der Waals surface area (Å²) in [5, 5.41) is 29.1. The van der Waals surface area contributed by atoms with Crippen molar-refractivity contribution < 1.29 is 15.0 Å². The number of anilines is 1. The third-order valence-electron chi connectivity index (χ3n) is 4.86. The summed E-state index contributed by atoms with van der Waals surface area (Å²) in [7, 11) is 0. The number of carbonyl (C=O) groups is 1. The van der Waals surface area contributed by atoms with Gasteiger partial charge >= 0.3 is 5.97 Å². The SMILES string of the molecule is C/C(=N/NC(=S)Nc1cccc(C(=O)O)c1)c1csc(-c2ccc(C(C)(C)C)cc2)c1O. The van der Waals surface area contributed by atoms with Crippen molar-refractivity contribution in [2.24, 2.45) is 5.10 Å². The number of nitrogens with zero attached hydrogens (tertiary/aromatic N) is 1. The first kappa shape index (κ1) is 23.4. The average Bonchev–Trinajstić information content (AvgIpc) is 3.13. The summed E-state index contributed by atoms with van der Waals surface area (Å²) in [5.74, 6) is -0.840. The summed E-state index contributed by atoms with van der Waals surface area (Å²) >= 11 is 6.68. The maximum absolute atomic E-state index is 11.1. The van der Waals surface area contributed by atoms with Crippen LogP contribution in [0.3, 0.4) is 0 Å². The molecule has 2 aromatic carbocycles. The molecule has 32 heavy (non-hydrogen) atoms. The van der Waals surface area contributed by atoms with Crippen molar-refractivity contribution in [3.05, 3.63) is 70.6 Å². The van der Waals surface area contributed by atoms with Gasteiger partial charge in [-0.2, -0.15) is 5.10 Å². The van der Waals surface area contributed by atoms with Crippen molar-refractivity contribution >= 4 is 46.0 Å². The molecular weight excluding hydrogens is 442 g/mol. The number of hydrogen-bond acceptors (Lipinski definition) is 5. The molecule has 8 heteroatoms. The van der Waals surface area contributed by atoms with Crippen LogP contribution in [0.25, 0.3) is 10.4 Å². The first-order valence-corrected chi connectivity index (χ1v) is 11.2. The van der Waals surface area contributed by atoms with Crippen molar-refractivity contribution in [1.29, 1.82) is 0 Å². The second-order valence-corrected chi connectivity index (χ2v) is 9.59. The van der Waals surface area contributed by atoms with Gasteiger partial charge in [-0.05, 0) is 53.9 Å². The molecule has 0 aliphatic heterocycles. The molecule has 166 valence electrons. The van der Waals surface area contributed by atoms with Gasteiger partial charge in [-0.3, -0.25) is 5.43 Å². The van der Waals surface area contributed by atoms with E-state index in [9.17, 15) is 9.90 Å². The van der Waals surface area contributed by atoms with E-state index in [2.05, 4.69) is 48.7 Å². The Balaban J connectivity index is 1.71. The molecule has 0 radical (unpaired) electrons. The minimum Gasteiger partial charge on any atom is -0.506 e. The summed E-state index contributed by atoms with van der Waals surface area (Å²) in [6, 6.07) is 14.5. The highest BCUT2D eigenvalue weighted by atomic mass is 32.1. The summed E-state index contributed by atoms with van der Waals surface area (Å²) in [6.07, 6.45) is 0. The monoisotopic (exact) mass is 467 g/mol. The molecule has 0 saturated carbocycles. The molecule has 4 N–H and O–H groups in total. The van der Waals surface area contributed by atoms with Crippen LogP contribution in [-0.2, 0) is 5.41 Å². The van der Waals surface area contributed by atoms with Crippen LogP contribution < -0.4 is 10.7 Å². The van der Waals surface area contributed by atoms with Crippen LogP contribution in [-0.4, -0.2) is 27.0 Å². The van der Waals surface area contributed by atoms with Crippen LogP contribution in [0.4, 0.5) is 5.69 Å². The van der Waals surface area contributed by atoms with E-state index < -0.39 is 5.97 Å². The normalized spacial score (nSPS) is 11.8. The number of thiocarbonyl (C=S) groups is 1. The Morgan fingerprint density at radius 1 is 1.12 bits per heavy atom. The molecule has 3 rings (SSSR count). The summed E-state index contributed by atoms with van der Waals surface area (Å²) in [4.78, 5) is 11.9. The van der Waals surface area contributed by atoms with Crippen LogP contribution in [0.5, 0.6) is 5.75 Å². The van der Waals surface area contributed by atoms with E-state index >= 15 is 0 Å². The Labute approximate surface area is 196 Å². The molecule has 0 spiro atoms. The van der Waals surface area contributed by atoms with Gasteiger partial charge < -0.3 is 15.5 Å². The van der Waals surface area contributed by atoms with E-state index in [1.54, 1.807) is 19.1 Å². The predicted octanol–water partition coefficient (Wildman–Crippen LogP) is 5.83. The fourth-order valence-corrected chi connectivity index (χ4v) is 4.19. The second kappa shape index (κ2) is 9.50. The van der Waals surface area contributed by atoms with E-state index in [1.807, 2.05) is 17.5 Å². The zero-order valence-electron chi connectivity index (χ0n) is 18.3. The number of rotatable bonds is 5. The highest BCUT2D eigenvalue weighted by Gasteiger charge is 2.17. The van der Waals surface area contributed by atoms with Gasteiger partial charge in [0.1, 0.15) is 5.75 Å². The molecule has 0 fully saturated rings. The molecule has 0 amide bonds. The molecule has 0 atom stereocenters. The summed E-state index contributed by atoms with van der Waals surface area (Å²) in [5.41, 5.74) is 6.86. The molecule has 0 bridgehead atoms.